The highest BCUT2D eigenvalue weighted by molar-refractivity contribution is 9.10. The monoisotopic (exact) mass is 407 g/mol. The van der Waals surface area contributed by atoms with Gasteiger partial charge in [0.05, 0.1) is 20.3 Å². The quantitative estimate of drug-likeness (QED) is 0.752. The number of aryl methyl sites for hydroxylation is 1. The van der Waals surface area contributed by atoms with E-state index in [1.54, 1.807) is 26.4 Å². The number of methoxy groups -OCH3 is 2. The molecule has 2 rings (SSSR count). The summed E-state index contributed by atoms with van der Waals surface area (Å²) >= 11 is 3.36. The summed E-state index contributed by atoms with van der Waals surface area (Å²) in [6.45, 7) is 3.85. The van der Waals surface area contributed by atoms with Gasteiger partial charge >= 0.3 is 0 Å². The van der Waals surface area contributed by atoms with Crippen LogP contribution in [0.25, 0.3) is 0 Å². The number of hydrogen-bond acceptors (Lipinski definition) is 4. The van der Waals surface area contributed by atoms with Crippen LogP contribution in [0.2, 0.25) is 0 Å². The molecule has 5 nitrogen and oxygen atoms in total. The van der Waals surface area contributed by atoms with Gasteiger partial charge < -0.3 is 19.5 Å². The lowest BCUT2D eigenvalue weighted by molar-refractivity contribution is -0.123. The predicted molar refractivity (Wildman–Crippen MR) is 100 cm³/mol. The van der Waals surface area contributed by atoms with Gasteiger partial charge in [0.15, 0.2) is 18.1 Å². The minimum atomic E-state index is -0.190. The van der Waals surface area contributed by atoms with Crippen molar-refractivity contribution in [2.45, 2.75) is 19.9 Å². The Morgan fingerprint density at radius 2 is 1.72 bits per heavy atom. The van der Waals surface area contributed by atoms with Crippen molar-refractivity contribution in [3.8, 4) is 17.2 Å². The zero-order valence-corrected chi connectivity index (χ0v) is 16.3. The molecule has 0 aliphatic heterocycles. The number of amides is 1. The standard InChI is InChI=1S/C19H22BrNO4/c1-12-9-17(23-3)18(24-4)10-16(12)13(2)21-19(22)11-25-15-7-5-14(20)6-8-15/h5-10,13H,11H2,1-4H3,(H,21,22). The lowest BCUT2D eigenvalue weighted by atomic mass is 10.0. The highest BCUT2D eigenvalue weighted by atomic mass is 79.9. The van der Waals surface area contributed by atoms with Gasteiger partial charge in [-0.1, -0.05) is 15.9 Å². The highest BCUT2D eigenvalue weighted by Crippen LogP contribution is 2.32. The SMILES string of the molecule is COc1cc(C)c(C(C)NC(=O)COc2ccc(Br)cc2)cc1OC. The van der Waals surface area contributed by atoms with Crippen molar-refractivity contribution < 1.29 is 19.0 Å². The Morgan fingerprint density at radius 3 is 2.32 bits per heavy atom. The Kier molecular flexibility index (Phi) is 6.70. The maximum Gasteiger partial charge on any atom is 0.258 e. The summed E-state index contributed by atoms with van der Waals surface area (Å²) in [4.78, 5) is 12.2. The van der Waals surface area contributed by atoms with Crippen LogP contribution in [-0.2, 0) is 4.79 Å². The van der Waals surface area contributed by atoms with Crippen molar-refractivity contribution in [3.05, 3.63) is 52.0 Å². The van der Waals surface area contributed by atoms with E-state index < -0.39 is 0 Å². The third kappa shape index (κ3) is 5.13. The highest BCUT2D eigenvalue weighted by Gasteiger charge is 2.16. The first-order valence-corrected chi connectivity index (χ1v) is 8.64. The second-order valence-electron chi connectivity index (χ2n) is 5.60. The molecule has 0 aliphatic rings. The van der Waals surface area contributed by atoms with Crippen molar-refractivity contribution in [2.24, 2.45) is 0 Å². The summed E-state index contributed by atoms with van der Waals surface area (Å²) in [5, 5.41) is 2.94. The smallest absolute Gasteiger partial charge is 0.258 e. The molecule has 1 unspecified atom stereocenters. The summed E-state index contributed by atoms with van der Waals surface area (Å²) in [5.74, 6) is 1.76. The molecule has 25 heavy (non-hydrogen) atoms. The van der Waals surface area contributed by atoms with Crippen LogP contribution in [0, 0.1) is 6.92 Å². The van der Waals surface area contributed by atoms with Gasteiger partial charge in [-0.3, -0.25) is 4.79 Å². The van der Waals surface area contributed by atoms with Gasteiger partial charge in [-0.15, -0.1) is 0 Å². The number of ether oxygens (including phenoxy) is 3. The van der Waals surface area contributed by atoms with Crippen molar-refractivity contribution in [2.75, 3.05) is 20.8 Å². The molecule has 0 saturated carbocycles. The second-order valence-corrected chi connectivity index (χ2v) is 6.51. The molecule has 0 aromatic heterocycles. The molecule has 134 valence electrons. The summed E-state index contributed by atoms with van der Waals surface area (Å²) in [6.07, 6.45) is 0. The van der Waals surface area contributed by atoms with Gasteiger partial charge in [-0.2, -0.15) is 0 Å². The fourth-order valence-electron chi connectivity index (χ4n) is 2.50. The maximum atomic E-state index is 12.2. The lowest BCUT2D eigenvalue weighted by Gasteiger charge is -2.19. The Balaban J connectivity index is 1.99. The molecule has 0 spiro atoms. The molecule has 0 radical (unpaired) electrons. The first-order valence-electron chi connectivity index (χ1n) is 7.84. The number of rotatable bonds is 7. The van der Waals surface area contributed by atoms with E-state index in [9.17, 15) is 4.79 Å². The molecule has 2 aromatic rings. The number of halogens is 1. The molecule has 1 amide bonds. The van der Waals surface area contributed by atoms with E-state index in [1.165, 1.54) is 0 Å². The van der Waals surface area contributed by atoms with Crippen molar-refractivity contribution >= 4 is 21.8 Å². The fraction of sp³-hybridized carbons (Fsp3) is 0.316. The minimum Gasteiger partial charge on any atom is -0.493 e. The van der Waals surface area contributed by atoms with E-state index in [-0.39, 0.29) is 18.6 Å². The van der Waals surface area contributed by atoms with E-state index in [4.69, 9.17) is 14.2 Å². The number of carbonyl (C=O) groups is 1. The molecule has 0 heterocycles. The lowest BCUT2D eigenvalue weighted by Crippen LogP contribution is -2.31. The molecule has 2 aromatic carbocycles. The third-order valence-corrected chi connectivity index (χ3v) is 4.33. The molecule has 1 atom stereocenters. The minimum absolute atomic E-state index is 0.0433. The molecular formula is C19H22BrNO4. The average molecular weight is 408 g/mol. The molecule has 0 bridgehead atoms. The van der Waals surface area contributed by atoms with Crippen LogP contribution in [0.1, 0.15) is 24.1 Å². The molecule has 0 saturated heterocycles. The largest absolute Gasteiger partial charge is 0.493 e. The van der Waals surface area contributed by atoms with Crippen LogP contribution in [-0.4, -0.2) is 26.7 Å². The Labute approximate surface area is 156 Å². The van der Waals surface area contributed by atoms with Crippen molar-refractivity contribution in [1.82, 2.24) is 5.32 Å². The first kappa shape index (κ1) is 19.1. The van der Waals surface area contributed by atoms with Crippen LogP contribution in [0.15, 0.2) is 40.9 Å². The van der Waals surface area contributed by atoms with Crippen LogP contribution in [0.4, 0.5) is 0 Å². The van der Waals surface area contributed by atoms with Gasteiger partial charge in [0.25, 0.3) is 5.91 Å². The van der Waals surface area contributed by atoms with Gasteiger partial charge in [0.1, 0.15) is 5.75 Å². The van der Waals surface area contributed by atoms with Gasteiger partial charge in [-0.25, -0.2) is 0 Å². The van der Waals surface area contributed by atoms with Crippen molar-refractivity contribution in [3.63, 3.8) is 0 Å². The van der Waals surface area contributed by atoms with Gasteiger partial charge in [0.2, 0.25) is 0 Å². The van der Waals surface area contributed by atoms with E-state index in [2.05, 4.69) is 21.2 Å². The summed E-state index contributed by atoms with van der Waals surface area (Å²) in [6, 6.07) is 10.9. The fourth-order valence-corrected chi connectivity index (χ4v) is 2.77. The number of nitrogens with one attached hydrogen (secondary N) is 1. The summed E-state index contributed by atoms with van der Waals surface area (Å²) < 4.78 is 17.1. The maximum absolute atomic E-state index is 12.2. The first-order chi connectivity index (χ1) is 11.9. The topological polar surface area (TPSA) is 56.8 Å². The molecular weight excluding hydrogens is 386 g/mol. The zero-order chi connectivity index (χ0) is 18.4. The summed E-state index contributed by atoms with van der Waals surface area (Å²) in [5.41, 5.74) is 1.98. The van der Waals surface area contributed by atoms with E-state index in [0.717, 1.165) is 15.6 Å². The van der Waals surface area contributed by atoms with E-state index in [0.29, 0.717) is 17.2 Å². The third-order valence-electron chi connectivity index (χ3n) is 3.80. The number of benzene rings is 2. The summed E-state index contributed by atoms with van der Waals surface area (Å²) in [7, 11) is 3.19. The predicted octanol–water partition coefficient (Wildman–Crippen LogP) is 4.03. The van der Waals surface area contributed by atoms with Crippen LogP contribution < -0.4 is 19.5 Å². The van der Waals surface area contributed by atoms with Gasteiger partial charge in [0, 0.05) is 4.47 Å². The van der Waals surface area contributed by atoms with E-state index in [1.807, 2.05) is 38.1 Å². The van der Waals surface area contributed by atoms with Crippen molar-refractivity contribution in [1.29, 1.82) is 0 Å². The Morgan fingerprint density at radius 1 is 1.12 bits per heavy atom. The van der Waals surface area contributed by atoms with E-state index >= 15 is 0 Å². The number of carbonyl (C=O) groups excluding carboxylic acids is 1. The second kappa shape index (κ2) is 8.76. The Hall–Kier alpha value is -2.21. The number of hydrogen-bond donors (Lipinski definition) is 1. The molecule has 0 aliphatic carbocycles. The van der Waals surface area contributed by atoms with Crippen LogP contribution in [0.3, 0.4) is 0 Å². The zero-order valence-electron chi connectivity index (χ0n) is 14.8. The molecule has 1 N–H and O–H groups in total. The Bertz CT molecular complexity index is 731. The normalized spacial score (nSPS) is 11.6. The molecule has 0 fully saturated rings. The van der Waals surface area contributed by atoms with Crippen LogP contribution in [0.5, 0.6) is 17.2 Å². The van der Waals surface area contributed by atoms with Gasteiger partial charge in [-0.05, 0) is 61.4 Å². The van der Waals surface area contributed by atoms with Crippen LogP contribution >= 0.6 is 15.9 Å². The average Bonchev–Trinajstić information content (AvgIpc) is 2.60. The molecule has 6 heteroatoms.